The van der Waals surface area contributed by atoms with Crippen molar-refractivity contribution in [2.75, 3.05) is 42.8 Å². The Morgan fingerprint density at radius 1 is 0.951 bits per heavy atom. The molecule has 0 atom stereocenters. The first kappa shape index (κ1) is 26.4. The molecule has 1 saturated heterocycles. The zero-order chi connectivity index (χ0) is 28.4. The Kier molecular flexibility index (Phi) is 7.08. The summed E-state index contributed by atoms with van der Waals surface area (Å²) in [6.07, 6.45) is 6.53. The minimum atomic E-state index is -3.68. The Hall–Kier alpha value is -4.81. The molecule has 0 unspecified atom stereocenters. The van der Waals surface area contributed by atoms with Gasteiger partial charge in [-0.3, -0.25) is 0 Å². The predicted molar refractivity (Wildman–Crippen MR) is 159 cm³/mol. The number of carbonyl (C=O) groups is 1. The van der Waals surface area contributed by atoms with Crippen LogP contribution in [0.5, 0.6) is 0 Å². The van der Waals surface area contributed by atoms with Gasteiger partial charge in [-0.05, 0) is 42.5 Å². The first-order valence-corrected chi connectivity index (χ1v) is 14.9. The number of rotatable bonds is 6. The normalized spacial score (nSPS) is 14.1. The molecule has 4 heterocycles. The van der Waals surface area contributed by atoms with Crippen molar-refractivity contribution in [1.29, 1.82) is 0 Å². The summed E-state index contributed by atoms with van der Waals surface area (Å²) >= 11 is 0. The van der Waals surface area contributed by atoms with Gasteiger partial charge >= 0.3 is 6.03 Å². The molecule has 1 aliphatic heterocycles. The number of pyridine rings is 1. The average Bonchev–Trinajstić information content (AvgIpc) is 3.34. The van der Waals surface area contributed by atoms with E-state index in [-0.39, 0.29) is 0 Å². The summed E-state index contributed by atoms with van der Waals surface area (Å²) in [5.41, 5.74) is 6.08. The number of anilines is 2. The molecule has 0 bridgehead atoms. The highest BCUT2D eigenvalue weighted by atomic mass is 32.2. The minimum absolute atomic E-state index is 0.433. The SMILES string of the molecule is CS(=O)(=O)NC(=O)Nc1ccc(-c2c(C=Cc3ccc4ccccc4n3)nc3c(N4CCOCC4)ccnn23)cc1. The predicted octanol–water partition coefficient (Wildman–Crippen LogP) is 4.03. The number of nitrogens with zero attached hydrogens (tertiary/aromatic N) is 5. The Morgan fingerprint density at radius 2 is 1.73 bits per heavy atom. The molecule has 0 spiro atoms. The molecule has 6 rings (SSSR count). The molecule has 1 aliphatic rings. The summed E-state index contributed by atoms with van der Waals surface area (Å²) in [5.74, 6) is 0. The first-order valence-electron chi connectivity index (χ1n) is 13.0. The quantitative estimate of drug-likeness (QED) is 0.313. The van der Waals surface area contributed by atoms with Crippen molar-refractivity contribution in [3.8, 4) is 11.3 Å². The fourth-order valence-electron chi connectivity index (χ4n) is 4.76. The van der Waals surface area contributed by atoms with Crippen LogP contribution in [0.15, 0.2) is 72.9 Å². The van der Waals surface area contributed by atoms with E-state index in [4.69, 9.17) is 14.7 Å². The molecule has 0 saturated carbocycles. The highest BCUT2D eigenvalue weighted by Crippen LogP contribution is 2.31. The number of amides is 2. The molecule has 12 heteroatoms. The van der Waals surface area contributed by atoms with Crippen LogP contribution in [0.1, 0.15) is 11.4 Å². The zero-order valence-electron chi connectivity index (χ0n) is 22.2. The van der Waals surface area contributed by atoms with E-state index in [0.29, 0.717) is 30.2 Å². The third-order valence-corrected chi connectivity index (χ3v) is 7.16. The van der Waals surface area contributed by atoms with Gasteiger partial charge in [-0.1, -0.05) is 36.4 Å². The monoisotopic (exact) mass is 569 g/mol. The number of sulfonamides is 1. The number of morpholine rings is 1. The molecule has 2 N–H and O–H groups in total. The van der Waals surface area contributed by atoms with Crippen molar-refractivity contribution < 1.29 is 17.9 Å². The Labute approximate surface area is 236 Å². The van der Waals surface area contributed by atoms with E-state index in [1.165, 1.54) is 0 Å². The molecule has 0 radical (unpaired) electrons. The summed E-state index contributed by atoms with van der Waals surface area (Å²) in [4.78, 5) is 24.0. The second-order valence-electron chi connectivity index (χ2n) is 9.56. The lowest BCUT2D eigenvalue weighted by Gasteiger charge is -2.28. The van der Waals surface area contributed by atoms with E-state index < -0.39 is 16.1 Å². The fourth-order valence-corrected chi connectivity index (χ4v) is 5.15. The van der Waals surface area contributed by atoms with Gasteiger partial charge in [0.1, 0.15) is 5.69 Å². The van der Waals surface area contributed by atoms with E-state index in [1.54, 1.807) is 18.3 Å². The number of hydrogen-bond donors (Lipinski definition) is 2. The molecule has 3 aromatic heterocycles. The van der Waals surface area contributed by atoms with Gasteiger partial charge in [-0.15, -0.1) is 0 Å². The van der Waals surface area contributed by atoms with Crippen LogP contribution in [0.3, 0.4) is 0 Å². The van der Waals surface area contributed by atoms with E-state index >= 15 is 0 Å². The lowest BCUT2D eigenvalue weighted by Crippen LogP contribution is -2.36. The van der Waals surface area contributed by atoms with Crippen LogP contribution in [0.25, 0.3) is 40.0 Å². The van der Waals surface area contributed by atoms with Crippen molar-refractivity contribution in [2.24, 2.45) is 0 Å². The van der Waals surface area contributed by atoms with Gasteiger partial charge in [0, 0.05) is 29.7 Å². The molecule has 2 aromatic carbocycles. The molecule has 41 heavy (non-hydrogen) atoms. The second-order valence-corrected chi connectivity index (χ2v) is 11.3. The van der Waals surface area contributed by atoms with Crippen molar-refractivity contribution in [3.63, 3.8) is 0 Å². The van der Waals surface area contributed by atoms with Crippen LogP contribution in [-0.4, -0.2) is 66.6 Å². The van der Waals surface area contributed by atoms with Crippen LogP contribution in [0.2, 0.25) is 0 Å². The van der Waals surface area contributed by atoms with Crippen molar-refractivity contribution in [2.45, 2.75) is 0 Å². The summed E-state index contributed by atoms with van der Waals surface area (Å²) in [5, 5.41) is 8.24. The minimum Gasteiger partial charge on any atom is -0.378 e. The van der Waals surface area contributed by atoms with Crippen LogP contribution >= 0.6 is 0 Å². The lowest BCUT2D eigenvalue weighted by atomic mass is 10.1. The maximum atomic E-state index is 12.0. The molecular formula is C29H27N7O4S. The van der Waals surface area contributed by atoms with E-state index in [1.807, 2.05) is 76.0 Å². The highest BCUT2D eigenvalue weighted by molar-refractivity contribution is 7.89. The van der Waals surface area contributed by atoms with E-state index in [2.05, 4.69) is 15.3 Å². The highest BCUT2D eigenvalue weighted by Gasteiger charge is 2.20. The van der Waals surface area contributed by atoms with Crippen LogP contribution in [0, 0.1) is 0 Å². The van der Waals surface area contributed by atoms with Crippen LogP contribution in [-0.2, 0) is 14.8 Å². The van der Waals surface area contributed by atoms with E-state index in [9.17, 15) is 13.2 Å². The smallest absolute Gasteiger partial charge is 0.332 e. The maximum absolute atomic E-state index is 12.0. The summed E-state index contributed by atoms with van der Waals surface area (Å²) < 4.78 is 32.0. The number of benzene rings is 2. The summed E-state index contributed by atoms with van der Waals surface area (Å²) in [6.45, 7) is 2.79. The van der Waals surface area contributed by atoms with Crippen LogP contribution < -0.4 is 14.9 Å². The standard InChI is InChI=1S/C29H27N7O4S/c1-41(38,39)34-29(37)32-23-10-7-21(8-11-23)27-25(13-12-22-9-6-20-4-2-3-5-24(20)31-22)33-28-26(14-15-30-36(27)28)35-16-18-40-19-17-35/h2-15H,16-19H2,1H3,(H2,32,34,37). The number of aromatic nitrogens is 4. The number of hydrogen-bond acceptors (Lipinski definition) is 8. The number of para-hydroxylation sites is 1. The second kappa shape index (κ2) is 11.0. The Balaban J connectivity index is 1.40. The van der Waals surface area contributed by atoms with Crippen molar-refractivity contribution in [3.05, 3.63) is 84.3 Å². The molecule has 5 aromatic rings. The molecule has 208 valence electrons. The molecule has 11 nitrogen and oxygen atoms in total. The third-order valence-electron chi connectivity index (χ3n) is 6.60. The molecule has 1 fully saturated rings. The maximum Gasteiger partial charge on any atom is 0.332 e. The Morgan fingerprint density at radius 3 is 2.51 bits per heavy atom. The third kappa shape index (κ3) is 5.88. The van der Waals surface area contributed by atoms with Gasteiger partial charge in [0.15, 0.2) is 5.65 Å². The Bertz CT molecular complexity index is 1880. The molecule has 2 amide bonds. The largest absolute Gasteiger partial charge is 0.378 e. The molecule has 0 aliphatic carbocycles. The number of imidazole rings is 1. The van der Waals surface area contributed by atoms with Crippen LogP contribution in [0.4, 0.5) is 16.2 Å². The number of ether oxygens (including phenoxy) is 1. The van der Waals surface area contributed by atoms with Crippen molar-refractivity contribution in [1.82, 2.24) is 24.3 Å². The van der Waals surface area contributed by atoms with Gasteiger partial charge in [-0.2, -0.15) is 5.10 Å². The summed E-state index contributed by atoms with van der Waals surface area (Å²) in [6, 6.07) is 20.1. The number of nitrogens with one attached hydrogen (secondary N) is 2. The number of fused-ring (bicyclic) bond motifs is 2. The van der Waals surface area contributed by atoms with Gasteiger partial charge in [0.2, 0.25) is 10.0 Å². The van der Waals surface area contributed by atoms with Crippen molar-refractivity contribution >= 4 is 56.1 Å². The first-order chi connectivity index (χ1) is 19.8. The number of carbonyl (C=O) groups excluding carboxylic acids is 1. The van der Waals surface area contributed by atoms with Gasteiger partial charge < -0.3 is 15.0 Å². The van der Waals surface area contributed by atoms with Gasteiger partial charge in [-0.25, -0.2) is 32.4 Å². The molecular weight excluding hydrogens is 542 g/mol. The van der Waals surface area contributed by atoms with E-state index in [0.717, 1.165) is 52.9 Å². The van der Waals surface area contributed by atoms with Gasteiger partial charge in [0.25, 0.3) is 0 Å². The number of urea groups is 1. The lowest BCUT2D eigenvalue weighted by molar-refractivity contribution is 0.123. The fraction of sp³-hybridized carbons (Fsp3) is 0.172. The van der Waals surface area contributed by atoms with Gasteiger partial charge in [0.05, 0.1) is 48.3 Å². The average molecular weight is 570 g/mol. The topological polar surface area (TPSA) is 131 Å². The summed E-state index contributed by atoms with van der Waals surface area (Å²) in [7, 11) is -3.68. The zero-order valence-corrected chi connectivity index (χ0v) is 23.0.